The van der Waals surface area contributed by atoms with Crippen molar-refractivity contribution in [3.63, 3.8) is 0 Å². The smallest absolute Gasteiger partial charge is 0.255 e. The molecule has 0 spiro atoms. The summed E-state index contributed by atoms with van der Waals surface area (Å²) in [6, 6.07) is 17.8. The van der Waals surface area contributed by atoms with Gasteiger partial charge in [-0.05, 0) is 35.4 Å². The zero-order valence-electron chi connectivity index (χ0n) is 17.1. The van der Waals surface area contributed by atoms with Crippen molar-refractivity contribution in [3.8, 4) is 6.07 Å². The topological polar surface area (TPSA) is 95.0 Å². The Balaban J connectivity index is 0.000000176. The predicted octanol–water partition coefficient (Wildman–Crippen LogP) is 3.00. The highest BCUT2D eigenvalue weighted by atomic mass is 19.1. The SMILES string of the molecule is N#Cc1ccc(F)c(Cc2ccccc2)c1.Nc1cncc(C(=O)N2CCNCC2)c1. The highest BCUT2D eigenvalue weighted by Crippen LogP contribution is 2.15. The lowest BCUT2D eigenvalue weighted by molar-refractivity contribution is 0.0735. The lowest BCUT2D eigenvalue weighted by Gasteiger charge is -2.27. The molecule has 0 unspecified atom stereocenters. The first-order chi connectivity index (χ1) is 15.1. The molecule has 1 saturated heterocycles. The summed E-state index contributed by atoms with van der Waals surface area (Å²) in [7, 11) is 0. The van der Waals surface area contributed by atoms with Crippen molar-refractivity contribution in [2.75, 3.05) is 31.9 Å². The Bertz CT molecular complexity index is 1060. The van der Waals surface area contributed by atoms with Crippen molar-refractivity contribution >= 4 is 11.6 Å². The molecule has 3 aromatic rings. The number of nitrogens with two attached hydrogens (primary N) is 1. The van der Waals surface area contributed by atoms with E-state index in [1.54, 1.807) is 18.3 Å². The number of halogens is 1. The fraction of sp³-hybridized carbons (Fsp3) is 0.208. The molecular formula is C24H24FN5O. The first-order valence-electron chi connectivity index (χ1n) is 10.00. The van der Waals surface area contributed by atoms with Crippen LogP contribution in [0.3, 0.4) is 0 Å². The number of nitrogen functional groups attached to an aromatic ring is 1. The monoisotopic (exact) mass is 417 g/mol. The number of amides is 1. The van der Waals surface area contributed by atoms with Crippen LogP contribution in [0.5, 0.6) is 0 Å². The molecule has 0 bridgehead atoms. The van der Waals surface area contributed by atoms with Crippen LogP contribution in [0.25, 0.3) is 0 Å². The fourth-order valence-corrected chi connectivity index (χ4v) is 3.22. The fourth-order valence-electron chi connectivity index (χ4n) is 3.22. The van der Waals surface area contributed by atoms with Crippen molar-refractivity contribution in [1.29, 1.82) is 5.26 Å². The minimum Gasteiger partial charge on any atom is -0.397 e. The molecule has 1 amide bonds. The third-order valence-electron chi connectivity index (χ3n) is 4.82. The van der Waals surface area contributed by atoms with Gasteiger partial charge in [-0.3, -0.25) is 9.78 Å². The van der Waals surface area contributed by atoms with Crippen LogP contribution in [-0.4, -0.2) is 42.0 Å². The predicted molar refractivity (Wildman–Crippen MR) is 118 cm³/mol. The molecule has 31 heavy (non-hydrogen) atoms. The molecule has 2 heterocycles. The molecule has 7 heteroatoms. The number of nitrogens with one attached hydrogen (secondary N) is 1. The molecule has 1 aliphatic heterocycles. The standard InChI is InChI=1S/C14H10FN.C10H14N4O/c15-14-7-6-12(10-16)9-13(14)8-11-4-2-1-3-5-11;11-9-5-8(6-13-7-9)10(15)14-3-1-12-2-4-14/h1-7,9H,8H2;5-7,12H,1-4,11H2. The second-order valence-corrected chi connectivity index (χ2v) is 7.13. The Morgan fingerprint density at radius 1 is 1.13 bits per heavy atom. The summed E-state index contributed by atoms with van der Waals surface area (Å²) in [6.45, 7) is 3.18. The number of nitrogens with zero attached hydrogens (tertiary/aromatic N) is 3. The van der Waals surface area contributed by atoms with Crippen molar-refractivity contribution in [3.05, 3.63) is 95.1 Å². The molecule has 0 atom stereocenters. The molecule has 0 aliphatic carbocycles. The van der Waals surface area contributed by atoms with Gasteiger partial charge in [0.05, 0.1) is 22.9 Å². The van der Waals surface area contributed by atoms with Crippen LogP contribution in [0.1, 0.15) is 27.0 Å². The van der Waals surface area contributed by atoms with Gasteiger partial charge in [0.25, 0.3) is 5.91 Å². The number of anilines is 1. The Kier molecular flexibility index (Phi) is 7.68. The second-order valence-electron chi connectivity index (χ2n) is 7.13. The molecule has 0 radical (unpaired) electrons. The minimum absolute atomic E-state index is 0.0105. The van der Waals surface area contributed by atoms with Crippen LogP contribution in [-0.2, 0) is 6.42 Å². The maximum atomic E-state index is 13.5. The van der Waals surface area contributed by atoms with Crippen molar-refractivity contribution < 1.29 is 9.18 Å². The maximum absolute atomic E-state index is 13.5. The molecule has 4 rings (SSSR count). The van der Waals surface area contributed by atoms with Gasteiger partial charge in [-0.1, -0.05) is 30.3 Å². The summed E-state index contributed by atoms with van der Waals surface area (Å²) in [5, 5.41) is 11.9. The summed E-state index contributed by atoms with van der Waals surface area (Å²) >= 11 is 0. The summed E-state index contributed by atoms with van der Waals surface area (Å²) in [4.78, 5) is 17.7. The number of benzene rings is 2. The average molecular weight is 417 g/mol. The van der Waals surface area contributed by atoms with Crippen LogP contribution in [0.15, 0.2) is 67.0 Å². The molecule has 158 valence electrons. The normalized spacial score (nSPS) is 13.0. The molecule has 2 aromatic carbocycles. The lowest BCUT2D eigenvalue weighted by Crippen LogP contribution is -2.46. The highest BCUT2D eigenvalue weighted by Gasteiger charge is 2.17. The summed E-state index contributed by atoms with van der Waals surface area (Å²) in [5.74, 6) is -0.251. The van der Waals surface area contributed by atoms with Gasteiger partial charge in [-0.15, -0.1) is 0 Å². The van der Waals surface area contributed by atoms with Crippen LogP contribution in [0.2, 0.25) is 0 Å². The van der Waals surface area contributed by atoms with Crippen LogP contribution in [0.4, 0.5) is 10.1 Å². The van der Waals surface area contributed by atoms with E-state index in [-0.39, 0.29) is 11.7 Å². The Labute approximate surface area is 181 Å². The van der Waals surface area contributed by atoms with E-state index in [2.05, 4.69) is 10.3 Å². The quantitative estimate of drug-likeness (QED) is 0.683. The Morgan fingerprint density at radius 3 is 2.55 bits per heavy atom. The number of carbonyl (C=O) groups is 1. The maximum Gasteiger partial charge on any atom is 0.255 e. The van der Waals surface area contributed by atoms with Gasteiger partial charge in [0, 0.05) is 45.0 Å². The first-order valence-corrected chi connectivity index (χ1v) is 10.00. The highest BCUT2D eigenvalue weighted by molar-refractivity contribution is 5.94. The van der Waals surface area contributed by atoms with Gasteiger partial charge in [0.1, 0.15) is 5.82 Å². The van der Waals surface area contributed by atoms with E-state index >= 15 is 0 Å². The largest absolute Gasteiger partial charge is 0.397 e. The molecule has 0 saturated carbocycles. The van der Waals surface area contributed by atoms with E-state index in [0.717, 1.165) is 31.7 Å². The molecule has 1 aromatic heterocycles. The number of nitriles is 1. The zero-order valence-corrected chi connectivity index (χ0v) is 17.1. The average Bonchev–Trinajstić information content (AvgIpc) is 2.82. The number of hydrogen-bond donors (Lipinski definition) is 2. The zero-order chi connectivity index (χ0) is 22.1. The summed E-state index contributed by atoms with van der Waals surface area (Å²) in [6.07, 6.45) is 3.61. The number of hydrogen-bond acceptors (Lipinski definition) is 5. The molecule has 1 aliphatic rings. The van der Waals surface area contributed by atoms with E-state index in [1.165, 1.54) is 18.3 Å². The minimum atomic E-state index is -0.261. The van der Waals surface area contributed by atoms with Crippen LogP contribution in [0, 0.1) is 17.1 Å². The number of rotatable bonds is 3. The van der Waals surface area contributed by atoms with E-state index < -0.39 is 0 Å². The summed E-state index contributed by atoms with van der Waals surface area (Å²) in [5.41, 5.74) is 8.76. The van der Waals surface area contributed by atoms with Crippen molar-refractivity contribution in [1.82, 2.24) is 15.2 Å². The number of aromatic nitrogens is 1. The summed E-state index contributed by atoms with van der Waals surface area (Å²) < 4.78 is 13.5. The third kappa shape index (κ3) is 6.36. The number of piperazine rings is 1. The molecule has 3 N–H and O–H groups in total. The first kappa shape index (κ1) is 21.9. The molecule has 1 fully saturated rings. The molecule has 6 nitrogen and oxygen atoms in total. The van der Waals surface area contributed by atoms with Gasteiger partial charge >= 0.3 is 0 Å². The van der Waals surface area contributed by atoms with Crippen LogP contribution < -0.4 is 11.1 Å². The van der Waals surface area contributed by atoms with E-state index in [1.807, 2.05) is 41.3 Å². The van der Waals surface area contributed by atoms with E-state index in [4.69, 9.17) is 11.0 Å². The lowest BCUT2D eigenvalue weighted by atomic mass is 10.0. The Morgan fingerprint density at radius 2 is 1.87 bits per heavy atom. The Hall–Kier alpha value is -3.76. The third-order valence-corrected chi connectivity index (χ3v) is 4.82. The van der Waals surface area contributed by atoms with E-state index in [0.29, 0.717) is 28.8 Å². The van der Waals surface area contributed by atoms with Gasteiger partial charge in [-0.25, -0.2) is 4.39 Å². The van der Waals surface area contributed by atoms with Crippen molar-refractivity contribution in [2.45, 2.75) is 6.42 Å². The number of carbonyl (C=O) groups excluding carboxylic acids is 1. The van der Waals surface area contributed by atoms with Gasteiger partial charge in [0.2, 0.25) is 0 Å². The second kappa shape index (κ2) is 10.9. The van der Waals surface area contributed by atoms with E-state index in [9.17, 15) is 9.18 Å². The van der Waals surface area contributed by atoms with Crippen LogP contribution >= 0.6 is 0 Å². The van der Waals surface area contributed by atoms with Gasteiger partial charge in [0.15, 0.2) is 0 Å². The van der Waals surface area contributed by atoms with Gasteiger partial charge < -0.3 is 16.0 Å². The number of pyridine rings is 1. The van der Waals surface area contributed by atoms with Gasteiger partial charge in [-0.2, -0.15) is 5.26 Å². The van der Waals surface area contributed by atoms with Crippen molar-refractivity contribution in [2.24, 2.45) is 0 Å². The molecular weight excluding hydrogens is 393 g/mol.